The minimum absolute atomic E-state index is 0.124. The number of aromatic nitrogens is 1. The van der Waals surface area contributed by atoms with Crippen molar-refractivity contribution in [3.05, 3.63) is 117 Å². The van der Waals surface area contributed by atoms with Gasteiger partial charge in [0.2, 0.25) is 0 Å². The number of benzene rings is 3. The second kappa shape index (κ2) is 14.2. The van der Waals surface area contributed by atoms with Gasteiger partial charge in [-0.25, -0.2) is 9.79 Å². The first-order chi connectivity index (χ1) is 21.6. The summed E-state index contributed by atoms with van der Waals surface area (Å²) in [5.74, 6) is 0.883. The zero-order valence-corrected chi connectivity index (χ0v) is 29.2. The van der Waals surface area contributed by atoms with Crippen LogP contribution in [-0.4, -0.2) is 30.4 Å². The molecule has 0 aliphatic carbocycles. The van der Waals surface area contributed by atoms with E-state index in [9.17, 15) is 9.59 Å². The monoisotopic (exact) mass is 758 g/mol. The van der Waals surface area contributed by atoms with Gasteiger partial charge in [-0.15, -0.1) is 0 Å². The van der Waals surface area contributed by atoms with Crippen LogP contribution in [0.15, 0.2) is 81.7 Å². The highest BCUT2D eigenvalue weighted by molar-refractivity contribution is 14.1. The van der Waals surface area contributed by atoms with Crippen molar-refractivity contribution in [3.8, 4) is 17.2 Å². The van der Waals surface area contributed by atoms with Gasteiger partial charge in [0.05, 0.1) is 40.6 Å². The van der Waals surface area contributed by atoms with Crippen LogP contribution in [0.4, 0.5) is 0 Å². The molecule has 1 aliphatic rings. The Bertz CT molecular complexity index is 1950. The third-order valence-corrected chi connectivity index (χ3v) is 8.92. The molecule has 0 bridgehead atoms. The number of carbonyl (C=O) groups excluding carboxylic acids is 1. The van der Waals surface area contributed by atoms with Crippen LogP contribution in [0.1, 0.15) is 50.4 Å². The first kappa shape index (κ1) is 32.8. The number of esters is 1. The number of thiazole rings is 1. The van der Waals surface area contributed by atoms with E-state index in [2.05, 4.69) is 27.6 Å². The predicted molar refractivity (Wildman–Crippen MR) is 184 cm³/mol. The highest BCUT2D eigenvalue weighted by Gasteiger charge is 2.35. The molecule has 1 atom stereocenters. The minimum atomic E-state index is -0.799. The fourth-order valence-corrected chi connectivity index (χ4v) is 6.68. The molecule has 0 unspecified atom stereocenters. The summed E-state index contributed by atoms with van der Waals surface area (Å²) in [6.45, 7) is 7.84. The normalized spacial score (nSPS) is 14.7. The van der Waals surface area contributed by atoms with E-state index in [1.54, 1.807) is 32.1 Å². The van der Waals surface area contributed by atoms with Gasteiger partial charge >= 0.3 is 5.97 Å². The van der Waals surface area contributed by atoms with Crippen LogP contribution in [0.5, 0.6) is 17.2 Å². The molecule has 1 aliphatic heterocycles. The number of ether oxygens (including phenoxy) is 4. The Morgan fingerprint density at radius 2 is 1.87 bits per heavy atom. The van der Waals surface area contributed by atoms with Crippen LogP contribution in [0.3, 0.4) is 0 Å². The summed E-state index contributed by atoms with van der Waals surface area (Å²) in [5.41, 5.74) is 2.75. The lowest BCUT2D eigenvalue weighted by atomic mass is 9.95. The van der Waals surface area contributed by atoms with Crippen LogP contribution in [-0.2, 0) is 16.1 Å². The highest BCUT2D eigenvalue weighted by atomic mass is 127. The number of fused-ring (bicyclic) bond motifs is 1. The maximum atomic E-state index is 14.1. The smallest absolute Gasteiger partial charge is 0.338 e. The lowest BCUT2D eigenvalue weighted by molar-refractivity contribution is -0.139. The van der Waals surface area contributed by atoms with Gasteiger partial charge in [-0.2, -0.15) is 0 Å². The molecule has 0 saturated carbocycles. The summed E-state index contributed by atoms with van der Waals surface area (Å²) in [7, 11) is 1.54. The fraction of sp³-hybridized carbons (Fsp3) is 0.265. The number of hydrogen-bond acceptors (Lipinski definition) is 8. The van der Waals surface area contributed by atoms with Gasteiger partial charge in [-0.1, -0.05) is 53.3 Å². The Labute approximate surface area is 283 Å². The van der Waals surface area contributed by atoms with Crippen molar-refractivity contribution in [2.24, 2.45) is 4.99 Å². The third kappa shape index (κ3) is 7.13. The number of carbonyl (C=O) groups is 1. The summed E-state index contributed by atoms with van der Waals surface area (Å²) in [6, 6.07) is 18.1. The van der Waals surface area contributed by atoms with E-state index in [1.165, 1.54) is 23.0 Å². The molecule has 0 spiro atoms. The van der Waals surface area contributed by atoms with E-state index >= 15 is 0 Å². The van der Waals surface area contributed by atoms with E-state index in [1.807, 2.05) is 62.4 Å². The number of nitrogens with zero attached hydrogens (tertiary/aromatic N) is 2. The first-order valence-electron chi connectivity index (χ1n) is 14.3. The van der Waals surface area contributed by atoms with Crippen molar-refractivity contribution < 1.29 is 23.7 Å². The Hall–Kier alpha value is -3.61. The van der Waals surface area contributed by atoms with Crippen molar-refractivity contribution >= 4 is 57.6 Å². The maximum Gasteiger partial charge on any atom is 0.338 e. The van der Waals surface area contributed by atoms with Crippen molar-refractivity contribution in [1.29, 1.82) is 0 Å². The van der Waals surface area contributed by atoms with Gasteiger partial charge in [0.25, 0.3) is 5.56 Å². The summed E-state index contributed by atoms with van der Waals surface area (Å²) in [5, 5.41) is 0.344. The Kier molecular flexibility index (Phi) is 10.4. The van der Waals surface area contributed by atoms with Crippen molar-refractivity contribution in [3.63, 3.8) is 0 Å². The molecular formula is C34H32ClIN2O6S. The van der Waals surface area contributed by atoms with Gasteiger partial charge < -0.3 is 18.9 Å². The SMILES string of the molecule is CCOC(=O)C1=C(C)N=c2s/c(=C/c3cc(Cl)c(OCc4ccc(I)cc4)c(OC)c3)c(=O)n2[C@H]1c1ccccc1OC(C)C. The zero-order chi connectivity index (χ0) is 32.2. The van der Waals surface area contributed by atoms with Crippen molar-refractivity contribution in [2.45, 2.75) is 46.4 Å². The lowest BCUT2D eigenvalue weighted by Gasteiger charge is -2.26. The largest absolute Gasteiger partial charge is 0.493 e. The average molecular weight is 759 g/mol. The van der Waals surface area contributed by atoms with Gasteiger partial charge in [-0.05, 0) is 97.8 Å². The number of halogens is 2. The summed E-state index contributed by atoms with van der Waals surface area (Å²) >= 11 is 10.2. The average Bonchev–Trinajstić information content (AvgIpc) is 3.30. The molecule has 234 valence electrons. The number of allylic oxidation sites excluding steroid dienone is 1. The molecule has 0 N–H and O–H groups in total. The standard InChI is InChI=1S/C34H32ClIN2O6S/c1-6-42-33(40)29-20(4)37-34-38(30(29)24-9-7-8-10-26(24)44-19(2)3)32(39)28(45-34)17-22-15-25(35)31(27(16-22)41-5)43-18-21-11-13-23(36)14-12-21/h7-17,19,30H,6,18H2,1-5H3/b28-17+/t30-/m0/s1. The number of hydrogen-bond donors (Lipinski definition) is 0. The second-order valence-corrected chi connectivity index (χ2v) is 13.1. The number of rotatable bonds is 10. The zero-order valence-electron chi connectivity index (χ0n) is 25.4. The molecule has 0 amide bonds. The third-order valence-electron chi connectivity index (χ3n) is 6.94. The van der Waals surface area contributed by atoms with Gasteiger partial charge in [-0.3, -0.25) is 9.36 Å². The molecule has 4 aromatic rings. The first-order valence-corrected chi connectivity index (χ1v) is 16.6. The van der Waals surface area contributed by atoms with E-state index in [0.717, 1.165) is 9.13 Å². The van der Waals surface area contributed by atoms with Gasteiger partial charge in [0.15, 0.2) is 16.3 Å². The topological polar surface area (TPSA) is 88.4 Å². The van der Waals surface area contributed by atoms with E-state index in [-0.39, 0.29) is 23.8 Å². The van der Waals surface area contributed by atoms with Gasteiger partial charge in [0, 0.05) is 9.13 Å². The van der Waals surface area contributed by atoms with E-state index in [4.69, 9.17) is 30.5 Å². The minimum Gasteiger partial charge on any atom is -0.493 e. The maximum absolute atomic E-state index is 14.1. The molecule has 11 heteroatoms. The number of para-hydroxylation sites is 1. The van der Waals surface area contributed by atoms with Crippen LogP contribution in [0.2, 0.25) is 5.02 Å². The fourth-order valence-electron chi connectivity index (χ4n) is 5.00. The summed E-state index contributed by atoms with van der Waals surface area (Å²) < 4.78 is 26.3. The molecule has 3 aromatic carbocycles. The molecule has 2 heterocycles. The molecule has 1 aromatic heterocycles. The Balaban J connectivity index is 1.60. The second-order valence-electron chi connectivity index (χ2n) is 10.5. The molecule has 0 radical (unpaired) electrons. The van der Waals surface area contributed by atoms with Crippen LogP contribution in [0.25, 0.3) is 6.08 Å². The number of methoxy groups -OCH3 is 1. The van der Waals surface area contributed by atoms with E-state index in [0.29, 0.717) is 55.0 Å². The molecule has 5 rings (SSSR count). The lowest BCUT2D eigenvalue weighted by Crippen LogP contribution is -2.40. The van der Waals surface area contributed by atoms with Crippen LogP contribution in [0, 0.1) is 3.57 Å². The molecular weight excluding hydrogens is 727 g/mol. The van der Waals surface area contributed by atoms with Crippen molar-refractivity contribution in [2.75, 3.05) is 13.7 Å². The molecule has 45 heavy (non-hydrogen) atoms. The summed E-state index contributed by atoms with van der Waals surface area (Å²) in [4.78, 5) is 32.6. The quantitative estimate of drug-likeness (QED) is 0.137. The summed E-state index contributed by atoms with van der Waals surface area (Å²) in [6.07, 6.45) is 1.61. The van der Waals surface area contributed by atoms with Crippen LogP contribution < -0.4 is 29.1 Å². The Morgan fingerprint density at radius 1 is 1.13 bits per heavy atom. The van der Waals surface area contributed by atoms with Crippen LogP contribution >= 0.6 is 45.5 Å². The highest BCUT2D eigenvalue weighted by Crippen LogP contribution is 2.38. The Morgan fingerprint density at radius 3 is 2.56 bits per heavy atom. The predicted octanol–water partition coefficient (Wildman–Crippen LogP) is 6.43. The molecule has 8 nitrogen and oxygen atoms in total. The molecule has 0 saturated heterocycles. The molecule has 0 fully saturated rings. The van der Waals surface area contributed by atoms with Crippen molar-refractivity contribution in [1.82, 2.24) is 4.57 Å². The van der Waals surface area contributed by atoms with E-state index < -0.39 is 12.0 Å². The van der Waals surface area contributed by atoms with Gasteiger partial charge in [0.1, 0.15) is 18.4 Å².